The van der Waals surface area contributed by atoms with Crippen LogP contribution in [0, 0.1) is 0 Å². The Morgan fingerprint density at radius 3 is 2.24 bits per heavy atom. The normalized spacial score (nSPS) is 14.4. The van der Waals surface area contributed by atoms with Crippen molar-refractivity contribution in [2.24, 2.45) is 0 Å². The van der Waals surface area contributed by atoms with Gasteiger partial charge in [0.05, 0.1) is 17.7 Å². The first kappa shape index (κ1) is 17.3. The molecule has 7 heteroatoms. The Kier molecular flexibility index (Phi) is 5.60. The number of urea groups is 1. The summed E-state index contributed by atoms with van der Waals surface area (Å²) in [4.78, 5) is 13.1. The predicted octanol–water partition coefficient (Wildman–Crippen LogP) is 2.79. The number of benzene rings is 1. The number of hydrogen-bond acceptors (Lipinski definition) is 2. The average molecular weight is 304 g/mol. The van der Waals surface area contributed by atoms with E-state index < -0.39 is 29.9 Å². The molecular weight excluding hydrogens is 285 g/mol. The third-order valence-electron chi connectivity index (χ3n) is 2.96. The fraction of sp³-hybridized carbons (Fsp3) is 0.500. The van der Waals surface area contributed by atoms with Crippen molar-refractivity contribution in [3.63, 3.8) is 0 Å². The van der Waals surface area contributed by atoms with Crippen molar-refractivity contribution in [2.45, 2.75) is 32.2 Å². The van der Waals surface area contributed by atoms with Crippen molar-refractivity contribution in [1.29, 1.82) is 0 Å². The second-order valence-electron chi connectivity index (χ2n) is 5.02. The molecule has 2 amide bonds. The number of hydrogen-bond donors (Lipinski definition) is 2. The molecule has 0 saturated carbocycles. The average Bonchev–Trinajstić information content (AvgIpc) is 2.36. The number of carbonyl (C=O) groups is 1. The first-order valence-corrected chi connectivity index (χ1v) is 6.48. The molecule has 0 radical (unpaired) electrons. The highest BCUT2D eigenvalue weighted by Crippen LogP contribution is 2.29. The van der Waals surface area contributed by atoms with E-state index in [4.69, 9.17) is 0 Å². The summed E-state index contributed by atoms with van der Waals surface area (Å²) in [5.41, 5.74) is -0.155. The number of nitrogens with one attached hydrogen (secondary N) is 1. The van der Waals surface area contributed by atoms with Crippen LogP contribution < -0.4 is 5.32 Å². The Hall–Kier alpha value is -1.76. The summed E-state index contributed by atoms with van der Waals surface area (Å²) in [6.07, 6.45) is -5.02. The zero-order chi connectivity index (χ0) is 16.2. The van der Waals surface area contributed by atoms with Crippen molar-refractivity contribution in [1.82, 2.24) is 10.2 Å². The molecule has 0 saturated heterocycles. The lowest BCUT2D eigenvalue weighted by Gasteiger charge is -2.22. The molecule has 2 N–H and O–H groups in total. The summed E-state index contributed by atoms with van der Waals surface area (Å²) in [7, 11) is 1.53. The number of aliphatic hydroxyl groups is 1. The minimum absolute atomic E-state index is 0.172. The molecule has 1 aromatic carbocycles. The Morgan fingerprint density at radius 1 is 1.29 bits per heavy atom. The molecule has 1 aromatic rings. The van der Waals surface area contributed by atoms with Gasteiger partial charge in [-0.3, -0.25) is 0 Å². The molecule has 2 unspecified atom stereocenters. The van der Waals surface area contributed by atoms with E-state index in [1.807, 2.05) is 0 Å². The van der Waals surface area contributed by atoms with Gasteiger partial charge in [0.2, 0.25) is 0 Å². The summed E-state index contributed by atoms with van der Waals surface area (Å²) >= 11 is 0. The maximum absolute atomic E-state index is 12.5. The van der Waals surface area contributed by atoms with Gasteiger partial charge >= 0.3 is 12.2 Å². The lowest BCUT2D eigenvalue weighted by atomic mass is 10.1. The van der Waals surface area contributed by atoms with Gasteiger partial charge in [-0.15, -0.1) is 0 Å². The molecule has 21 heavy (non-hydrogen) atoms. The summed E-state index contributed by atoms with van der Waals surface area (Å²) in [5, 5.41) is 11.9. The number of likely N-dealkylation sites (N-methyl/N-ethyl adjacent to an activating group) is 1. The van der Waals surface area contributed by atoms with Crippen LogP contribution >= 0.6 is 0 Å². The minimum atomic E-state index is -4.37. The molecule has 0 bridgehead atoms. The second-order valence-corrected chi connectivity index (χ2v) is 5.02. The van der Waals surface area contributed by atoms with E-state index in [-0.39, 0.29) is 6.54 Å². The topological polar surface area (TPSA) is 52.6 Å². The van der Waals surface area contributed by atoms with Crippen LogP contribution in [0.2, 0.25) is 0 Å². The van der Waals surface area contributed by atoms with Gasteiger partial charge in [0.1, 0.15) is 0 Å². The van der Waals surface area contributed by atoms with Gasteiger partial charge in [-0.2, -0.15) is 13.2 Å². The van der Waals surface area contributed by atoms with Crippen molar-refractivity contribution in [3.8, 4) is 0 Å². The van der Waals surface area contributed by atoms with E-state index in [0.717, 1.165) is 12.1 Å². The Labute approximate surface area is 121 Å². The molecule has 0 spiro atoms. The molecule has 0 aromatic heterocycles. The molecular formula is C14H19F3N2O2. The van der Waals surface area contributed by atoms with Crippen LogP contribution in [0.1, 0.15) is 31.0 Å². The van der Waals surface area contributed by atoms with Gasteiger partial charge in [0.15, 0.2) is 0 Å². The lowest BCUT2D eigenvalue weighted by Crippen LogP contribution is -2.41. The van der Waals surface area contributed by atoms with Crippen LogP contribution in [0.5, 0.6) is 0 Å². The van der Waals surface area contributed by atoms with Crippen molar-refractivity contribution in [2.75, 3.05) is 13.6 Å². The third kappa shape index (κ3) is 5.26. The highest BCUT2D eigenvalue weighted by atomic mass is 19.4. The van der Waals surface area contributed by atoms with Gasteiger partial charge in [-0.25, -0.2) is 4.79 Å². The van der Waals surface area contributed by atoms with Gasteiger partial charge in [0, 0.05) is 13.6 Å². The molecule has 0 fully saturated rings. The maximum atomic E-state index is 12.5. The van der Waals surface area contributed by atoms with Crippen LogP contribution in [0.25, 0.3) is 0 Å². The van der Waals surface area contributed by atoms with E-state index in [0.29, 0.717) is 5.56 Å². The molecule has 1 rings (SSSR count). The highest BCUT2D eigenvalue weighted by molar-refractivity contribution is 5.74. The van der Waals surface area contributed by atoms with E-state index in [9.17, 15) is 23.1 Å². The smallest absolute Gasteiger partial charge is 0.392 e. The van der Waals surface area contributed by atoms with Crippen LogP contribution in [-0.4, -0.2) is 35.7 Å². The molecule has 0 aliphatic carbocycles. The zero-order valence-corrected chi connectivity index (χ0v) is 12.1. The third-order valence-corrected chi connectivity index (χ3v) is 2.96. The number of aliphatic hydroxyl groups excluding tert-OH is 1. The molecule has 2 atom stereocenters. The monoisotopic (exact) mass is 304 g/mol. The number of halogens is 3. The van der Waals surface area contributed by atoms with Crippen molar-refractivity contribution >= 4 is 6.03 Å². The van der Waals surface area contributed by atoms with Gasteiger partial charge in [0.25, 0.3) is 0 Å². The van der Waals surface area contributed by atoms with Crippen LogP contribution in [0.15, 0.2) is 24.3 Å². The van der Waals surface area contributed by atoms with Crippen LogP contribution in [0.4, 0.5) is 18.0 Å². The summed E-state index contributed by atoms with van der Waals surface area (Å²) in [5.74, 6) is 0. The first-order valence-electron chi connectivity index (χ1n) is 6.48. The molecule has 118 valence electrons. The number of carbonyl (C=O) groups excluding carboxylic acids is 1. The summed E-state index contributed by atoms with van der Waals surface area (Å²) in [6.45, 7) is 3.41. The van der Waals surface area contributed by atoms with E-state index >= 15 is 0 Å². The van der Waals surface area contributed by atoms with Gasteiger partial charge < -0.3 is 15.3 Å². The van der Waals surface area contributed by atoms with Crippen LogP contribution in [-0.2, 0) is 6.18 Å². The van der Waals surface area contributed by atoms with Crippen molar-refractivity contribution in [3.05, 3.63) is 35.4 Å². The fourth-order valence-corrected chi connectivity index (χ4v) is 1.82. The standard InChI is InChI=1S/C14H19F3N2O2/c1-9(20)8-19(3)13(21)18-10(2)11-4-6-12(7-5-11)14(15,16)17/h4-7,9-10,20H,8H2,1-3H3,(H,18,21). The largest absolute Gasteiger partial charge is 0.416 e. The summed E-state index contributed by atoms with van der Waals surface area (Å²) in [6, 6.07) is 3.80. The fourth-order valence-electron chi connectivity index (χ4n) is 1.82. The Bertz CT molecular complexity index is 472. The highest BCUT2D eigenvalue weighted by Gasteiger charge is 2.30. The lowest BCUT2D eigenvalue weighted by molar-refractivity contribution is -0.137. The van der Waals surface area contributed by atoms with E-state index in [1.165, 1.54) is 24.1 Å². The first-order chi connectivity index (χ1) is 9.61. The minimum Gasteiger partial charge on any atom is -0.392 e. The van der Waals surface area contributed by atoms with Gasteiger partial charge in [-0.1, -0.05) is 12.1 Å². The van der Waals surface area contributed by atoms with E-state index in [1.54, 1.807) is 13.8 Å². The number of amides is 2. The zero-order valence-electron chi connectivity index (χ0n) is 12.1. The SMILES string of the molecule is CC(O)CN(C)C(=O)NC(C)c1ccc(C(F)(F)F)cc1. The molecule has 0 aliphatic heterocycles. The maximum Gasteiger partial charge on any atom is 0.416 e. The Morgan fingerprint density at radius 2 is 1.81 bits per heavy atom. The molecule has 0 heterocycles. The summed E-state index contributed by atoms with van der Waals surface area (Å²) < 4.78 is 37.4. The number of rotatable bonds is 4. The Balaban J connectivity index is 2.67. The number of nitrogens with zero attached hydrogens (tertiary/aromatic N) is 1. The van der Waals surface area contributed by atoms with E-state index in [2.05, 4.69) is 5.32 Å². The predicted molar refractivity (Wildman–Crippen MR) is 72.7 cm³/mol. The van der Waals surface area contributed by atoms with Crippen LogP contribution in [0.3, 0.4) is 0 Å². The molecule has 4 nitrogen and oxygen atoms in total. The molecule has 0 aliphatic rings. The quantitative estimate of drug-likeness (QED) is 0.898. The van der Waals surface area contributed by atoms with Gasteiger partial charge in [-0.05, 0) is 31.5 Å². The number of alkyl halides is 3. The van der Waals surface area contributed by atoms with Crippen molar-refractivity contribution < 1.29 is 23.1 Å². The second kappa shape index (κ2) is 6.80.